The van der Waals surface area contributed by atoms with Crippen LogP contribution < -0.4 is 24.3 Å². The first-order valence-corrected chi connectivity index (χ1v) is 9.27. The molecule has 0 bridgehead atoms. The summed E-state index contributed by atoms with van der Waals surface area (Å²) in [7, 11) is 0. The number of carbonyl (C=O) groups excluding carboxylic acids is 1. The first-order chi connectivity index (χ1) is 13.2. The Morgan fingerprint density at radius 1 is 1.11 bits per heavy atom. The number of fused-ring (bicyclic) bond motifs is 1. The van der Waals surface area contributed by atoms with Crippen LogP contribution in [0.5, 0.6) is 23.0 Å². The Bertz CT molecular complexity index is 777. The third kappa shape index (κ3) is 4.84. The second-order valence-corrected chi connectivity index (χ2v) is 6.15. The van der Waals surface area contributed by atoms with E-state index in [1.54, 1.807) is 18.2 Å². The molecule has 1 heterocycles. The van der Waals surface area contributed by atoms with Crippen LogP contribution in [0.3, 0.4) is 0 Å². The van der Waals surface area contributed by atoms with Gasteiger partial charge in [0.25, 0.3) is 5.91 Å². The van der Waals surface area contributed by atoms with Crippen LogP contribution in [0.25, 0.3) is 0 Å². The monoisotopic (exact) mass is 371 g/mol. The van der Waals surface area contributed by atoms with E-state index in [0.29, 0.717) is 49.2 Å². The second-order valence-electron chi connectivity index (χ2n) is 6.15. The van der Waals surface area contributed by atoms with Gasteiger partial charge in [0.1, 0.15) is 12.7 Å². The van der Waals surface area contributed by atoms with E-state index in [1.165, 1.54) is 0 Å². The topological polar surface area (TPSA) is 66.0 Å². The zero-order valence-electron chi connectivity index (χ0n) is 15.7. The Morgan fingerprint density at radius 3 is 2.70 bits per heavy atom. The maximum atomic E-state index is 12.5. The summed E-state index contributed by atoms with van der Waals surface area (Å²) >= 11 is 0. The summed E-state index contributed by atoms with van der Waals surface area (Å²) in [5.41, 5.74) is 0.513. The van der Waals surface area contributed by atoms with Crippen molar-refractivity contribution >= 4 is 5.91 Å². The third-order valence-electron chi connectivity index (χ3n) is 4.03. The van der Waals surface area contributed by atoms with Gasteiger partial charge in [-0.15, -0.1) is 0 Å². The van der Waals surface area contributed by atoms with Gasteiger partial charge >= 0.3 is 0 Å². The van der Waals surface area contributed by atoms with Crippen molar-refractivity contribution in [3.8, 4) is 23.0 Å². The van der Waals surface area contributed by atoms with Crippen LogP contribution in [0.1, 0.15) is 30.6 Å². The van der Waals surface area contributed by atoms with Crippen molar-refractivity contribution in [2.45, 2.75) is 26.4 Å². The van der Waals surface area contributed by atoms with E-state index in [0.717, 1.165) is 12.2 Å². The Balaban J connectivity index is 1.60. The molecule has 27 heavy (non-hydrogen) atoms. The van der Waals surface area contributed by atoms with E-state index in [4.69, 9.17) is 18.9 Å². The lowest BCUT2D eigenvalue weighted by atomic mass is 10.2. The molecule has 0 spiro atoms. The predicted molar refractivity (Wildman–Crippen MR) is 102 cm³/mol. The summed E-state index contributed by atoms with van der Waals surface area (Å²) in [5.74, 6) is 2.45. The number of hydrogen-bond acceptors (Lipinski definition) is 5. The van der Waals surface area contributed by atoms with Crippen LogP contribution in [0.15, 0.2) is 42.5 Å². The highest BCUT2D eigenvalue weighted by Crippen LogP contribution is 2.31. The molecule has 0 aromatic heterocycles. The molecular formula is C21H25NO5. The highest BCUT2D eigenvalue weighted by molar-refractivity contribution is 5.94. The van der Waals surface area contributed by atoms with Crippen LogP contribution in [-0.4, -0.2) is 38.4 Å². The molecule has 0 saturated heterocycles. The average Bonchev–Trinajstić information content (AvgIpc) is 2.71. The lowest BCUT2D eigenvalue weighted by molar-refractivity contribution is 0.0789. The summed E-state index contributed by atoms with van der Waals surface area (Å²) in [6.45, 7) is 5.79. The number of benzene rings is 2. The zero-order chi connectivity index (χ0) is 19.1. The van der Waals surface area contributed by atoms with Gasteiger partial charge in [0.2, 0.25) is 0 Å². The fourth-order valence-corrected chi connectivity index (χ4v) is 2.72. The van der Waals surface area contributed by atoms with Crippen LogP contribution in [-0.2, 0) is 0 Å². The van der Waals surface area contributed by atoms with E-state index in [-0.39, 0.29) is 12.0 Å². The first-order valence-electron chi connectivity index (χ1n) is 9.27. The first kappa shape index (κ1) is 18.9. The summed E-state index contributed by atoms with van der Waals surface area (Å²) in [6.07, 6.45) is 0.669. The number of amides is 1. The van der Waals surface area contributed by atoms with Gasteiger partial charge in [-0.2, -0.15) is 0 Å². The fraction of sp³-hybridized carbons (Fsp3) is 0.381. The molecule has 2 aromatic carbocycles. The quantitative estimate of drug-likeness (QED) is 0.770. The van der Waals surface area contributed by atoms with Crippen LogP contribution in [0, 0.1) is 0 Å². The van der Waals surface area contributed by atoms with Gasteiger partial charge in [0.05, 0.1) is 19.8 Å². The smallest absolute Gasteiger partial charge is 0.251 e. The molecule has 2 aromatic rings. The standard InChI is InChI=1S/C21H25NO5/c1-3-11-25-18-10-9-15(12-20(18)24-4-2)21(23)22-13-16-14-26-17-7-5-6-8-19(17)27-16/h5-10,12,16H,3-4,11,13-14H2,1-2H3,(H,22,23). The molecule has 0 aliphatic carbocycles. The summed E-state index contributed by atoms with van der Waals surface area (Å²) in [6, 6.07) is 12.7. The largest absolute Gasteiger partial charge is 0.490 e. The van der Waals surface area contributed by atoms with Crippen molar-refractivity contribution in [1.29, 1.82) is 0 Å². The molecule has 144 valence electrons. The third-order valence-corrected chi connectivity index (χ3v) is 4.03. The second kappa shape index (κ2) is 9.16. The minimum absolute atomic E-state index is 0.194. The van der Waals surface area contributed by atoms with Gasteiger partial charge in [-0.25, -0.2) is 0 Å². The molecule has 0 saturated carbocycles. The minimum Gasteiger partial charge on any atom is -0.490 e. The van der Waals surface area contributed by atoms with E-state index in [1.807, 2.05) is 38.1 Å². The Morgan fingerprint density at radius 2 is 1.93 bits per heavy atom. The van der Waals surface area contributed by atoms with E-state index >= 15 is 0 Å². The molecule has 6 nitrogen and oxygen atoms in total. The number of ether oxygens (including phenoxy) is 4. The normalized spacial score (nSPS) is 15.1. The summed E-state index contributed by atoms with van der Waals surface area (Å²) in [5, 5.41) is 2.89. The molecule has 1 amide bonds. The maximum absolute atomic E-state index is 12.5. The van der Waals surface area contributed by atoms with Crippen molar-refractivity contribution in [2.24, 2.45) is 0 Å². The van der Waals surface area contributed by atoms with Crippen LogP contribution in [0.2, 0.25) is 0 Å². The zero-order valence-corrected chi connectivity index (χ0v) is 15.7. The van der Waals surface area contributed by atoms with Crippen molar-refractivity contribution in [3.63, 3.8) is 0 Å². The average molecular weight is 371 g/mol. The van der Waals surface area contributed by atoms with Gasteiger partial charge in [0.15, 0.2) is 23.0 Å². The van der Waals surface area contributed by atoms with Crippen molar-refractivity contribution < 1.29 is 23.7 Å². The number of para-hydroxylation sites is 2. The van der Waals surface area contributed by atoms with Gasteiger partial charge in [-0.1, -0.05) is 19.1 Å². The van der Waals surface area contributed by atoms with Gasteiger partial charge < -0.3 is 24.3 Å². The minimum atomic E-state index is -0.234. The van der Waals surface area contributed by atoms with Gasteiger partial charge in [-0.05, 0) is 43.7 Å². The molecule has 1 aliphatic rings. The summed E-state index contributed by atoms with van der Waals surface area (Å²) in [4.78, 5) is 12.5. The molecule has 1 N–H and O–H groups in total. The highest BCUT2D eigenvalue weighted by Gasteiger charge is 2.21. The van der Waals surface area contributed by atoms with E-state index in [9.17, 15) is 4.79 Å². The van der Waals surface area contributed by atoms with E-state index < -0.39 is 0 Å². The Hall–Kier alpha value is -2.89. The number of carbonyl (C=O) groups is 1. The summed E-state index contributed by atoms with van der Waals surface area (Å²) < 4.78 is 22.8. The molecule has 1 aliphatic heterocycles. The molecule has 0 fully saturated rings. The maximum Gasteiger partial charge on any atom is 0.251 e. The lowest BCUT2D eigenvalue weighted by Crippen LogP contribution is -2.40. The molecule has 6 heteroatoms. The molecule has 1 unspecified atom stereocenters. The lowest BCUT2D eigenvalue weighted by Gasteiger charge is -2.26. The molecule has 0 radical (unpaired) electrons. The molecule has 3 rings (SSSR count). The highest BCUT2D eigenvalue weighted by atomic mass is 16.6. The molecular weight excluding hydrogens is 346 g/mol. The molecule has 1 atom stereocenters. The fourth-order valence-electron chi connectivity index (χ4n) is 2.72. The number of nitrogens with one attached hydrogen (secondary N) is 1. The van der Waals surface area contributed by atoms with Crippen molar-refractivity contribution in [3.05, 3.63) is 48.0 Å². The van der Waals surface area contributed by atoms with Crippen molar-refractivity contribution in [1.82, 2.24) is 5.32 Å². The van der Waals surface area contributed by atoms with Gasteiger partial charge in [-0.3, -0.25) is 4.79 Å². The van der Waals surface area contributed by atoms with E-state index in [2.05, 4.69) is 5.32 Å². The van der Waals surface area contributed by atoms with Crippen LogP contribution >= 0.6 is 0 Å². The Labute approximate surface area is 159 Å². The van der Waals surface area contributed by atoms with Gasteiger partial charge in [0, 0.05) is 5.56 Å². The SMILES string of the molecule is CCCOc1ccc(C(=O)NCC2COc3ccccc3O2)cc1OCC. The number of rotatable bonds is 8. The van der Waals surface area contributed by atoms with Crippen molar-refractivity contribution in [2.75, 3.05) is 26.4 Å². The van der Waals surface area contributed by atoms with Crippen LogP contribution in [0.4, 0.5) is 0 Å². The number of hydrogen-bond donors (Lipinski definition) is 1. The Kier molecular flexibility index (Phi) is 6.41. The predicted octanol–water partition coefficient (Wildman–Crippen LogP) is 3.44.